The highest BCUT2D eigenvalue weighted by atomic mass is 19.1. The van der Waals surface area contributed by atoms with Crippen molar-refractivity contribution in [3.63, 3.8) is 0 Å². The van der Waals surface area contributed by atoms with Gasteiger partial charge in [-0.1, -0.05) is 6.92 Å². The van der Waals surface area contributed by atoms with Crippen LogP contribution in [0.3, 0.4) is 0 Å². The third-order valence-electron chi connectivity index (χ3n) is 1.17. The second-order valence-electron chi connectivity index (χ2n) is 2.05. The average molecular weight is 160 g/mol. The Morgan fingerprint density at radius 1 is 1.45 bits per heavy atom. The molecule has 0 fully saturated rings. The number of rotatable bonds is 3. The SMILES string of the molecule is CC/C(F)=C\C(C=O)=C(/C)F. The number of carbonyl (C=O) groups excluding carboxylic acids is 1. The summed E-state index contributed by atoms with van der Waals surface area (Å²) in [4.78, 5) is 10.1. The molecule has 0 amide bonds. The molecule has 0 rings (SSSR count). The summed E-state index contributed by atoms with van der Waals surface area (Å²) >= 11 is 0. The molecule has 0 N–H and O–H groups in total. The first kappa shape index (κ1) is 10.0. The first-order valence-electron chi connectivity index (χ1n) is 3.29. The average Bonchev–Trinajstić information content (AvgIpc) is 1.99. The summed E-state index contributed by atoms with van der Waals surface area (Å²) in [7, 11) is 0. The minimum Gasteiger partial charge on any atom is -0.298 e. The van der Waals surface area contributed by atoms with E-state index in [-0.39, 0.29) is 12.0 Å². The van der Waals surface area contributed by atoms with Gasteiger partial charge in [0, 0.05) is 5.57 Å². The van der Waals surface area contributed by atoms with Crippen LogP contribution in [-0.4, -0.2) is 6.29 Å². The molecule has 11 heavy (non-hydrogen) atoms. The van der Waals surface area contributed by atoms with E-state index in [4.69, 9.17) is 0 Å². The fourth-order valence-corrected chi connectivity index (χ4v) is 0.485. The van der Waals surface area contributed by atoms with E-state index < -0.39 is 11.7 Å². The lowest BCUT2D eigenvalue weighted by molar-refractivity contribution is -0.104. The minimum absolute atomic E-state index is 0.171. The van der Waals surface area contributed by atoms with E-state index in [1.165, 1.54) is 0 Å². The van der Waals surface area contributed by atoms with Crippen molar-refractivity contribution >= 4 is 6.29 Å². The Labute approximate surface area is 64.4 Å². The molecule has 62 valence electrons. The Hall–Kier alpha value is -0.990. The van der Waals surface area contributed by atoms with Crippen LogP contribution in [0.2, 0.25) is 0 Å². The quantitative estimate of drug-likeness (QED) is 0.352. The van der Waals surface area contributed by atoms with Crippen molar-refractivity contribution in [2.24, 2.45) is 0 Å². The second-order valence-corrected chi connectivity index (χ2v) is 2.05. The summed E-state index contributed by atoms with van der Waals surface area (Å²) in [5.74, 6) is -1.16. The molecule has 0 heterocycles. The van der Waals surface area contributed by atoms with Crippen molar-refractivity contribution in [3.05, 3.63) is 23.3 Å². The normalized spacial score (nSPS) is 14.4. The van der Waals surface area contributed by atoms with Crippen molar-refractivity contribution in [2.45, 2.75) is 20.3 Å². The highest BCUT2D eigenvalue weighted by Crippen LogP contribution is 2.10. The third kappa shape index (κ3) is 3.65. The maximum absolute atomic E-state index is 12.4. The molecular formula is C8H10F2O. The van der Waals surface area contributed by atoms with Crippen molar-refractivity contribution < 1.29 is 13.6 Å². The molecule has 0 aliphatic heterocycles. The second kappa shape index (κ2) is 4.77. The monoisotopic (exact) mass is 160 g/mol. The van der Waals surface area contributed by atoms with Gasteiger partial charge < -0.3 is 0 Å². The van der Waals surface area contributed by atoms with Gasteiger partial charge in [0.2, 0.25) is 0 Å². The van der Waals surface area contributed by atoms with E-state index in [1.54, 1.807) is 6.92 Å². The molecule has 0 aromatic carbocycles. The topological polar surface area (TPSA) is 17.1 Å². The zero-order chi connectivity index (χ0) is 8.85. The van der Waals surface area contributed by atoms with Gasteiger partial charge in [-0.3, -0.25) is 4.79 Å². The van der Waals surface area contributed by atoms with Crippen molar-refractivity contribution in [2.75, 3.05) is 0 Å². The number of hydrogen-bond donors (Lipinski definition) is 0. The van der Waals surface area contributed by atoms with Gasteiger partial charge in [-0.2, -0.15) is 0 Å². The molecule has 3 heteroatoms. The van der Waals surface area contributed by atoms with Crippen molar-refractivity contribution in [3.8, 4) is 0 Å². The maximum Gasteiger partial charge on any atom is 0.152 e. The summed E-state index contributed by atoms with van der Waals surface area (Å²) in [5, 5.41) is 0. The Balaban J connectivity index is 4.57. The van der Waals surface area contributed by atoms with Gasteiger partial charge in [0.25, 0.3) is 0 Å². The fraction of sp³-hybridized carbons (Fsp3) is 0.375. The predicted molar refractivity (Wildman–Crippen MR) is 39.4 cm³/mol. The summed E-state index contributed by atoms with van der Waals surface area (Å²) in [5.41, 5.74) is -0.232. The van der Waals surface area contributed by atoms with E-state index in [0.29, 0.717) is 6.29 Å². The van der Waals surface area contributed by atoms with Crippen LogP contribution in [0.15, 0.2) is 23.3 Å². The number of carbonyl (C=O) groups is 1. The number of hydrogen-bond acceptors (Lipinski definition) is 1. The summed E-state index contributed by atoms with van der Waals surface area (Å²) in [6.07, 6.45) is 1.37. The Morgan fingerprint density at radius 2 is 2.00 bits per heavy atom. The zero-order valence-electron chi connectivity index (χ0n) is 6.53. The molecule has 0 aliphatic carbocycles. The van der Waals surface area contributed by atoms with Gasteiger partial charge in [-0.25, -0.2) is 8.78 Å². The van der Waals surface area contributed by atoms with E-state index in [2.05, 4.69) is 0 Å². The molecule has 0 unspecified atom stereocenters. The van der Waals surface area contributed by atoms with Crippen LogP contribution >= 0.6 is 0 Å². The Bertz CT molecular complexity index is 200. The smallest absolute Gasteiger partial charge is 0.152 e. The minimum atomic E-state index is -0.663. The van der Waals surface area contributed by atoms with Gasteiger partial charge >= 0.3 is 0 Å². The number of halogens is 2. The molecular weight excluding hydrogens is 150 g/mol. The van der Waals surface area contributed by atoms with Gasteiger partial charge in [0.05, 0.1) is 0 Å². The molecule has 0 aromatic heterocycles. The standard InChI is InChI=1S/C8H10F2O/c1-3-8(10)4-7(5-11)6(2)9/h4-5H,3H2,1-2H3/b7-6-,8-4+. The van der Waals surface area contributed by atoms with Crippen LogP contribution in [0.1, 0.15) is 20.3 Å². The molecule has 0 aromatic rings. The van der Waals surface area contributed by atoms with Gasteiger partial charge in [-0.15, -0.1) is 0 Å². The Morgan fingerprint density at radius 3 is 2.27 bits per heavy atom. The first-order chi connectivity index (χ1) is 5.11. The van der Waals surface area contributed by atoms with Crippen LogP contribution in [0.5, 0.6) is 0 Å². The van der Waals surface area contributed by atoms with Crippen LogP contribution in [-0.2, 0) is 4.79 Å². The molecule has 0 atom stereocenters. The predicted octanol–water partition coefficient (Wildman–Crippen LogP) is 2.69. The van der Waals surface area contributed by atoms with Gasteiger partial charge in [0.15, 0.2) is 6.29 Å². The van der Waals surface area contributed by atoms with E-state index in [9.17, 15) is 13.6 Å². The zero-order valence-corrected chi connectivity index (χ0v) is 6.53. The van der Waals surface area contributed by atoms with E-state index in [0.717, 1.165) is 13.0 Å². The van der Waals surface area contributed by atoms with Gasteiger partial charge in [0.1, 0.15) is 11.7 Å². The highest BCUT2D eigenvalue weighted by Gasteiger charge is 1.98. The van der Waals surface area contributed by atoms with E-state index in [1.807, 2.05) is 0 Å². The van der Waals surface area contributed by atoms with Crippen LogP contribution in [0.4, 0.5) is 8.78 Å². The molecule has 0 radical (unpaired) electrons. The van der Waals surface area contributed by atoms with E-state index >= 15 is 0 Å². The largest absolute Gasteiger partial charge is 0.298 e. The molecule has 1 nitrogen and oxygen atoms in total. The molecule has 0 aliphatic rings. The molecule has 0 bridgehead atoms. The first-order valence-corrected chi connectivity index (χ1v) is 3.29. The molecule has 0 saturated carbocycles. The lowest BCUT2D eigenvalue weighted by Gasteiger charge is -1.91. The summed E-state index contributed by atoms with van der Waals surface area (Å²) in [6, 6.07) is 0. The van der Waals surface area contributed by atoms with Crippen molar-refractivity contribution in [1.29, 1.82) is 0 Å². The highest BCUT2D eigenvalue weighted by molar-refractivity contribution is 5.78. The summed E-state index contributed by atoms with van der Waals surface area (Å²) in [6.45, 7) is 2.70. The summed E-state index contributed by atoms with van der Waals surface area (Å²) < 4.78 is 24.7. The van der Waals surface area contributed by atoms with Crippen LogP contribution in [0, 0.1) is 0 Å². The molecule has 0 spiro atoms. The third-order valence-corrected chi connectivity index (χ3v) is 1.17. The lowest BCUT2D eigenvalue weighted by atomic mass is 10.2. The number of allylic oxidation sites excluding steroid dienone is 4. The molecule has 0 saturated heterocycles. The fourth-order valence-electron chi connectivity index (χ4n) is 0.485. The van der Waals surface area contributed by atoms with Gasteiger partial charge in [-0.05, 0) is 19.4 Å². The van der Waals surface area contributed by atoms with Crippen molar-refractivity contribution in [1.82, 2.24) is 0 Å². The number of aldehydes is 1. The maximum atomic E-state index is 12.4. The van der Waals surface area contributed by atoms with Crippen LogP contribution < -0.4 is 0 Å². The van der Waals surface area contributed by atoms with Crippen LogP contribution in [0.25, 0.3) is 0 Å². The lowest BCUT2D eigenvalue weighted by Crippen LogP contribution is -1.83. The Kier molecular flexibility index (Phi) is 4.34.